The molecule has 2 aromatic carbocycles. The molecule has 2 atom stereocenters. The van der Waals surface area contributed by atoms with Crippen LogP contribution in [0.2, 0.25) is 0 Å². The van der Waals surface area contributed by atoms with Gasteiger partial charge in [0.05, 0.1) is 12.5 Å². The molecule has 1 saturated carbocycles. The molecule has 214 valence electrons. The van der Waals surface area contributed by atoms with Gasteiger partial charge in [-0.05, 0) is 68.6 Å². The molecule has 0 N–H and O–H groups in total. The smallest absolute Gasteiger partial charge is 0.444 e. The van der Waals surface area contributed by atoms with E-state index in [-0.39, 0.29) is 18.9 Å². The molecular formula is C31H36F3N3O3. The maximum atomic E-state index is 13.9. The Bertz CT molecular complexity index is 1220. The molecule has 9 heteroatoms. The van der Waals surface area contributed by atoms with E-state index in [1.54, 1.807) is 25.7 Å². The Morgan fingerprint density at radius 3 is 2.17 bits per heavy atom. The maximum Gasteiger partial charge on any atom is 0.471 e. The molecule has 0 radical (unpaired) electrons. The van der Waals surface area contributed by atoms with Crippen LogP contribution >= 0.6 is 0 Å². The minimum Gasteiger partial charge on any atom is -0.444 e. The lowest BCUT2D eigenvalue weighted by Gasteiger charge is -2.45. The number of benzene rings is 2. The van der Waals surface area contributed by atoms with Crippen molar-refractivity contribution in [3.63, 3.8) is 0 Å². The minimum atomic E-state index is -4.98. The predicted molar refractivity (Wildman–Crippen MR) is 144 cm³/mol. The number of amides is 2. The highest BCUT2D eigenvalue weighted by molar-refractivity contribution is 5.82. The molecule has 6 nitrogen and oxygen atoms in total. The summed E-state index contributed by atoms with van der Waals surface area (Å²) in [6.07, 6.45) is -3.38. The van der Waals surface area contributed by atoms with E-state index in [0.717, 1.165) is 21.6 Å². The van der Waals surface area contributed by atoms with E-state index >= 15 is 0 Å². The van der Waals surface area contributed by atoms with Crippen LogP contribution in [0, 0.1) is 16.7 Å². The lowest BCUT2D eigenvalue weighted by molar-refractivity contribution is -0.188. The van der Waals surface area contributed by atoms with E-state index in [0.29, 0.717) is 38.8 Å². The van der Waals surface area contributed by atoms with Gasteiger partial charge in [-0.3, -0.25) is 4.79 Å². The highest BCUT2D eigenvalue weighted by Gasteiger charge is 2.54. The number of carbonyl (C=O) groups excluding carboxylic acids is 2. The second-order valence-corrected chi connectivity index (χ2v) is 12.0. The Labute approximate surface area is 233 Å². The molecule has 0 aromatic heterocycles. The second-order valence-electron chi connectivity index (χ2n) is 12.0. The van der Waals surface area contributed by atoms with Crippen LogP contribution in [0.15, 0.2) is 54.6 Å². The summed E-state index contributed by atoms with van der Waals surface area (Å²) < 4.78 is 47.2. The fraction of sp³-hybridized carbons (Fsp3) is 0.516. The van der Waals surface area contributed by atoms with Crippen molar-refractivity contribution < 1.29 is 27.5 Å². The van der Waals surface area contributed by atoms with Crippen molar-refractivity contribution in [1.29, 1.82) is 5.26 Å². The maximum absolute atomic E-state index is 13.9. The Kier molecular flexibility index (Phi) is 8.48. The van der Waals surface area contributed by atoms with Gasteiger partial charge in [0.2, 0.25) is 0 Å². The fourth-order valence-electron chi connectivity index (χ4n) is 5.63. The summed E-state index contributed by atoms with van der Waals surface area (Å²) in [5.74, 6) is -1.95. The number of ether oxygens (including phenoxy) is 1. The van der Waals surface area contributed by atoms with Gasteiger partial charge in [0.15, 0.2) is 0 Å². The quantitative estimate of drug-likeness (QED) is 0.404. The third kappa shape index (κ3) is 7.35. The first-order valence-electron chi connectivity index (χ1n) is 13.7. The highest BCUT2D eigenvalue weighted by Crippen LogP contribution is 2.48. The summed E-state index contributed by atoms with van der Waals surface area (Å²) >= 11 is 0. The molecule has 1 unspecified atom stereocenters. The first kappa shape index (κ1) is 29.4. The molecule has 2 aromatic rings. The van der Waals surface area contributed by atoms with Gasteiger partial charge in [0.1, 0.15) is 5.60 Å². The molecule has 1 saturated heterocycles. The number of hydrogen-bond donors (Lipinski definition) is 0. The van der Waals surface area contributed by atoms with Crippen LogP contribution in [0.4, 0.5) is 18.0 Å². The van der Waals surface area contributed by atoms with Crippen LogP contribution in [0.3, 0.4) is 0 Å². The van der Waals surface area contributed by atoms with Crippen molar-refractivity contribution >= 4 is 12.0 Å². The number of nitrogens with zero attached hydrogens (tertiary/aromatic N) is 3. The largest absolute Gasteiger partial charge is 0.471 e. The van der Waals surface area contributed by atoms with Crippen molar-refractivity contribution in [1.82, 2.24) is 9.80 Å². The van der Waals surface area contributed by atoms with Crippen molar-refractivity contribution in [3.05, 3.63) is 71.3 Å². The zero-order valence-corrected chi connectivity index (χ0v) is 23.2. The van der Waals surface area contributed by atoms with Crippen LogP contribution in [-0.2, 0) is 22.4 Å². The van der Waals surface area contributed by atoms with E-state index in [4.69, 9.17) is 10.00 Å². The Balaban J connectivity index is 1.60. The zero-order chi connectivity index (χ0) is 29.1. The van der Waals surface area contributed by atoms with Crippen molar-refractivity contribution in [2.24, 2.45) is 5.41 Å². The normalized spacial score (nSPS) is 20.4. The number of carbonyl (C=O) groups is 2. The summed E-state index contributed by atoms with van der Waals surface area (Å²) in [7, 11) is 0. The van der Waals surface area contributed by atoms with Gasteiger partial charge in [0.25, 0.3) is 0 Å². The van der Waals surface area contributed by atoms with E-state index in [1.165, 1.54) is 0 Å². The van der Waals surface area contributed by atoms with Gasteiger partial charge in [0, 0.05) is 31.6 Å². The number of halogens is 3. The van der Waals surface area contributed by atoms with Gasteiger partial charge in [-0.25, -0.2) is 4.79 Å². The lowest BCUT2D eigenvalue weighted by Crippen LogP contribution is -2.53. The van der Waals surface area contributed by atoms with Crippen molar-refractivity contribution in [2.45, 2.75) is 76.6 Å². The van der Waals surface area contributed by atoms with Crippen LogP contribution in [0.1, 0.15) is 62.6 Å². The van der Waals surface area contributed by atoms with Crippen LogP contribution in [0.25, 0.3) is 0 Å². The molecule has 1 aliphatic carbocycles. The predicted octanol–water partition coefficient (Wildman–Crippen LogP) is 6.26. The van der Waals surface area contributed by atoms with Crippen molar-refractivity contribution in [3.8, 4) is 6.07 Å². The van der Waals surface area contributed by atoms with Gasteiger partial charge >= 0.3 is 18.2 Å². The number of likely N-dealkylation sites (tertiary alicyclic amines) is 1. The molecule has 1 aliphatic heterocycles. The third-order valence-corrected chi connectivity index (χ3v) is 7.76. The third-order valence-electron chi connectivity index (χ3n) is 7.76. The highest BCUT2D eigenvalue weighted by atomic mass is 19.4. The lowest BCUT2D eigenvalue weighted by atomic mass is 9.73. The molecule has 2 amide bonds. The standard InChI is InChI=1S/C31H36F3N3O3/c1-29(2,3)40-28(39)36-17-14-30(15-18-36,20-23-11-9-22(10-12-23)13-16-35)21-37(27(38)31(32,33)34)26-19-25(26)24-7-5-4-6-8-24/h4-12,25-26H,13-15,17-21H2,1-3H3/t25?,26-/m1/s1. The van der Waals surface area contributed by atoms with E-state index < -0.39 is 35.2 Å². The Morgan fingerprint density at radius 1 is 1.02 bits per heavy atom. The molecule has 40 heavy (non-hydrogen) atoms. The first-order chi connectivity index (χ1) is 18.8. The first-order valence-corrected chi connectivity index (χ1v) is 13.7. The summed E-state index contributed by atoms with van der Waals surface area (Å²) in [4.78, 5) is 28.2. The van der Waals surface area contributed by atoms with E-state index in [9.17, 15) is 22.8 Å². The Morgan fingerprint density at radius 2 is 1.62 bits per heavy atom. The molecule has 4 rings (SSSR count). The summed E-state index contributed by atoms with van der Waals surface area (Å²) in [5.41, 5.74) is 1.37. The zero-order valence-electron chi connectivity index (χ0n) is 23.2. The molecule has 2 aliphatic rings. The molecule has 1 heterocycles. The average Bonchev–Trinajstić information content (AvgIpc) is 3.69. The molecule has 0 bridgehead atoms. The minimum absolute atomic E-state index is 0.0541. The van der Waals surface area contributed by atoms with Crippen molar-refractivity contribution in [2.75, 3.05) is 19.6 Å². The molecule has 2 fully saturated rings. The monoisotopic (exact) mass is 555 g/mol. The average molecular weight is 556 g/mol. The van der Waals surface area contributed by atoms with Crippen LogP contribution in [0.5, 0.6) is 0 Å². The number of rotatable bonds is 7. The van der Waals surface area contributed by atoms with Gasteiger partial charge < -0.3 is 14.5 Å². The number of nitriles is 1. The SMILES string of the molecule is CC(C)(C)OC(=O)N1CCC(Cc2ccc(CC#N)cc2)(CN(C(=O)C(F)(F)F)[C@@H]2CC2c2ccccc2)CC1. The van der Waals surface area contributed by atoms with Gasteiger partial charge in [-0.1, -0.05) is 54.6 Å². The van der Waals surface area contributed by atoms with E-state index in [2.05, 4.69) is 6.07 Å². The van der Waals surface area contributed by atoms with Gasteiger partial charge in [-0.2, -0.15) is 18.4 Å². The fourth-order valence-corrected chi connectivity index (χ4v) is 5.63. The van der Waals surface area contributed by atoms with Crippen LogP contribution in [-0.4, -0.2) is 59.3 Å². The van der Waals surface area contributed by atoms with Crippen LogP contribution < -0.4 is 0 Å². The van der Waals surface area contributed by atoms with Gasteiger partial charge in [-0.15, -0.1) is 0 Å². The summed E-state index contributed by atoms with van der Waals surface area (Å²) in [6, 6.07) is 18.4. The molecular weight excluding hydrogens is 519 g/mol. The molecule has 0 spiro atoms. The number of hydrogen-bond acceptors (Lipinski definition) is 4. The van der Waals surface area contributed by atoms with E-state index in [1.807, 2.05) is 54.6 Å². The number of alkyl halides is 3. The number of piperidine rings is 1. The Hall–Kier alpha value is -3.54. The summed E-state index contributed by atoms with van der Waals surface area (Å²) in [5, 5.41) is 8.99. The topological polar surface area (TPSA) is 73.6 Å². The summed E-state index contributed by atoms with van der Waals surface area (Å²) in [6.45, 7) is 5.95. The second kappa shape index (κ2) is 11.5.